The van der Waals surface area contributed by atoms with Crippen molar-refractivity contribution < 1.29 is 9.52 Å². The molecule has 1 heterocycles. The van der Waals surface area contributed by atoms with Crippen molar-refractivity contribution in [2.45, 2.75) is 32.9 Å². The Bertz CT molecular complexity index is 572. The van der Waals surface area contributed by atoms with Crippen LogP contribution in [0.15, 0.2) is 33.2 Å². The van der Waals surface area contributed by atoms with Gasteiger partial charge in [0, 0.05) is 10.5 Å². The van der Waals surface area contributed by atoms with Crippen molar-refractivity contribution >= 4 is 15.9 Å². The molecule has 1 aromatic carbocycles. The predicted molar refractivity (Wildman–Crippen MR) is 84.6 cm³/mol. The standard InChI is InChI=1S/C15H20BrN3O2/c1-10(2)7-11(9-20)17-8-14-18-19-15(21-14)12-5-3-4-6-13(12)16/h3-6,10-11,17,20H,7-9H2,1-2H3. The normalized spacial score (nSPS) is 12.8. The second kappa shape index (κ2) is 7.68. The summed E-state index contributed by atoms with van der Waals surface area (Å²) in [6.45, 7) is 4.81. The van der Waals surface area contributed by atoms with E-state index in [0.29, 0.717) is 24.2 Å². The summed E-state index contributed by atoms with van der Waals surface area (Å²) in [7, 11) is 0. The highest BCUT2D eigenvalue weighted by atomic mass is 79.9. The summed E-state index contributed by atoms with van der Waals surface area (Å²) >= 11 is 3.47. The summed E-state index contributed by atoms with van der Waals surface area (Å²) in [5, 5.41) is 20.7. The molecule has 2 rings (SSSR count). The third kappa shape index (κ3) is 4.62. The van der Waals surface area contributed by atoms with Crippen LogP contribution in [-0.4, -0.2) is 28.0 Å². The zero-order valence-corrected chi connectivity index (χ0v) is 13.8. The lowest BCUT2D eigenvalue weighted by Gasteiger charge is -2.16. The van der Waals surface area contributed by atoms with E-state index in [9.17, 15) is 5.11 Å². The lowest BCUT2D eigenvalue weighted by molar-refractivity contribution is 0.220. The first-order valence-corrected chi connectivity index (χ1v) is 7.81. The van der Waals surface area contributed by atoms with Gasteiger partial charge in [-0.3, -0.25) is 0 Å². The van der Waals surface area contributed by atoms with Crippen molar-refractivity contribution in [2.24, 2.45) is 5.92 Å². The van der Waals surface area contributed by atoms with Gasteiger partial charge in [-0.15, -0.1) is 10.2 Å². The zero-order valence-electron chi connectivity index (χ0n) is 12.2. The van der Waals surface area contributed by atoms with Crippen molar-refractivity contribution in [3.05, 3.63) is 34.6 Å². The third-order valence-electron chi connectivity index (χ3n) is 3.09. The van der Waals surface area contributed by atoms with Gasteiger partial charge in [0.2, 0.25) is 11.8 Å². The topological polar surface area (TPSA) is 71.2 Å². The van der Waals surface area contributed by atoms with Crippen molar-refractivity contribution in [1.82, 2.24) is 15.5 Å². The molecule has 0 bridgehead atoms. The molecule has 6 heteroatoms. The highest BCUT2D eigenvalue weighted by molar-refractivity contribution is 9.10. The third-order valence-corrected chi connectivity index (χ3v) is 3.78. The molecule has 0 amide bonds. The van der Waals surface area contributed by atoms with Crippen LogP contribution in [-0.2, 0) is 6.54 Å². The Morgan fingerprint density at radius 2 is 2.05 bits per heavy atom. The number of aliphatic hydroxyl groups excluding tert-OH is 1. The molecule has 21 heavy (non-hydrogen) atoms. The monoisotopic (exact) mass is 353 g/mol. The van der Waals surface area contributed by atoms with E-state index in [-0.39, 0.29) is 12.6 Å². The van der Waals surface area contributed by atoms with Crippen LogP contribution in [0.1, 0.15) is 26.2 Å². The Hall–Kier alpha value is -1.24. The molecular weight excluding hydrogens is 334 g/mol. The van der Waals surface area contributed by atoms with Gasteiger partial charge in [0.05, 0.1) is 18.7 Å². The van der Waals surface area contributed by atoms with Crippen LogP contribution in [0, 0.1) is 5.92 Å². The van der Waals surface area contributed by atoms with Gasteiger partial charge in [0.25, 0.3) is 0 Å². The molecule has 2 N–H and O–H groups in total. The smallest absolute Gasteiger partial charge is 0.248 e. The van der Waals surface area contributed by atoms with Crippen molar-refractivity contribution in [1.29, 1.82) is 0 Å². The Balaban J connectivity index is 1.99. The van der Waals surface area contributed by atoms with Crippen LogP contribution in [0.25, 0.3) is 11.5 Å². The lowest BCUT2D eigenvalue weighted by Crippen LogP contribution is -2.33. The molecule has 0 spiro atoms. The van der Waals surface area contributed by atoms with E-state index in [0.717, 1.165) is 16.5 Å². The maximum atomic E-state index is 9.34. The molecule has 5 nitrogen and oxygen atoms in total. The maximum Gasteiger partial charge on any atom is 0.248 e. The molecule has 2 aromatic rings. The average Bonchev–Trinajstić information content (AvgIpc) is 2.92. The lowest BCUT2D eigenvalue weighted by atomic mass is 10.0. The number of nitrogens with zero attached hydrogens (tertiary/aromatic N) is 2. The van der Waals surface area contributed by atoms with Gasteiger partial charge in [-0.25, -0.2) is 0 Å². The molecule has 0 fully saturated rings. The van der Waals surface area contributed by atoms with Crippen LogP contribution in [0.4, 0.5) is 0 Å². The van der Waals surface area contributed by atoms with Crippen LogP contribution in [0.5, 0.6) is 0 Å². The van der Waals surface area contributed by atoms with E-state index >= 15 is 0 Å². The highest BCUT2D eigenvalue weighted by Crippen LogP contribution is 2.26. The summed E-state index contributed by atoms with van der Waals surface area (Å²) in [6.07, 6.45) is 0.904. The number of halogens is 1. The van der Waals surface area contributed by atoms with E-state index in [1.807, 2.05) is 24.3 Å². The molecule has 0 aliphatic carbocycles. The van der Waals surface area contributed by atoms with E-state index < -0.39 is 0 Å². The molecule has 1 aromatic heterocycles. The Morgan fingerprint density at radius 3 is 2.71 bits per heavy atom. The first kappa shape index (κ1) is 16.1. The number of hydrogen-bond acceptors (Lipinski definition) is 5. The van der Waals surface area contributed by atoms with Crippen LogP contribution >= 0.6 is 15.9 Å². The van der Waals surface area contributed by atoms with Gasteiger partial charge in [-0.1, -0.05) is 26.0 Å². The zero-order chi connectivity index (χ0) is 15.2. The molecule has 0 radical (unpaired) electrons. The Kier molecular flexibility index (Phi) is 5.90. The Morgan fingerprint density at radius 1 is 1.29 bits per heavy atom. The largest absolute Gasteiger partial charge is 0.419 e. The van der Waals surface area contributed by atoms with Crippen LogP contribution < -0.4 is 5.32 Å². The van der Waals surface area contributed by atoms with E-state index in [4.69, 9.17) is 4.42 Å². The van der Waals surface area contributed by atoms with Crippen molar-refractivity contribution in [2.75, 3.05) is 6.61 Å². The number of nitrogens with one attached hydrogen (secondary N) is 1. The van der Waals surface area contributed by atoms with Gasteiger partial charge in [0.1, 0.15) is 0 Å². The number of benzene rings is 1. The minimum atomic E-state index is 0.0452. The minimum Gasteiger partial charge on any atom is -0.419 e. The molecule has 0 saturated carbocycles. The van der Waals surface area contributed by atoms with Gasteiger partial charge < -0.3 is 14.8 Å². The minimum absolute atomic E-state index is 0.0452. The number of aliphatic hydroxyl groups is 1. The molecule has 114 valence electrons. The molecule has 1 atom stereocenters. The summed E-state index contributed by atoms with van der Waals surface area (Å²) in [5.41, 5.74) is 0.872. The summed E-state index contributed by atoms with van der Waals surface area (Å²) in [6, 6.07) is 7.76. The van der Waals surface area contributed by atoms with E-state index in [2.05, 4.69) is 45.3 Å². The van der Waals surface area contributed by atoms with Gasteiger partial charge in [-0.05, 0) is 40.4 Å². The summed E-state index contributed by atoms with van der Waals surface area (Å²) < 4.78 is 6.57. The quantitative estimate of drug-likeness (QED) is 0.800. The van der Waals surface area contributed by atoms with E-state index in [1.165, 1.54) is 0 Å². The highest BCUT2D eigenvalue weighted by Gasteiger charge is 2.13. The summed E-state index contributed by atoms with van der Waals surface area (Å²) in [4.78, 5) is 0. The van der Waals surface area contributed by atoms with Crippen LogP contribution in [0.3, 0.4) is 0 Å². The van der Waals surface area contributed by atoms with Gasteiger partial charge >= 0.3 is 0 Å². The van der Waals surface area contributed by atoms with Gasteiger partial charge in [-0.2, -0.15) is 0 Å². The van der Waals surface area contributed by atoms with Crippen molar-refractivity contribution in [3.8, 4) is 11.5 Å². The first-order chi connectivity index (χ1) is 10.1. The predicted octanol–water partition coefficient (Wildman–Crippen LogP) is 3.00. The fraction of sp³-hybridized carbons (Fsp3) is 0.467. The average molecular weight is 354 g/mol. The fourth-order valence-corrected chi connectivity index (χ4v) is 2.55. The molecular formula is C15H20BrN3O2. The number of aromatic nitrogens is 2. The number of hydrogen-bond donors (Lipinski definition) is 2. The second-order valence-electron chi connectivity index (χ2n) is 5.37. The number of rotatable bonds is 7. The second-order valence-corrected chi connectivity index (χ2v) is 6.23. The van der Waals surface area contributed by atoms with Crippen LogP contribution in [0.2, 0.25) is 0 Å². The molecule has 0 aliphatic heterocycles. The maximum absolute atomic E-state index is 9.34. The van der Waals surface area contributed by atoms with Crippen molar-refractivity contribution in [3.63, 3.8) is 0 Å². The Labute approximate surface area is 132 Å². The summed E-state index contributed by atoms with van der Waals surface area (Å²) in [5.74, 6) is 1.53. The molecule has 1 unspecified atom stereocenters. The fourth-order valence-electron chi connectivity index (χ4n) is 2.09. The first-order valence-electron chi connectivity index (χ1n) is 7.01. The molecule has 0 aliphatic rings. The molecule has 0 saturated heterocycles. The van der Waals surface area contributed by atoms with Gasteiger partial charge in [0.15, 0.2) is 0 Å². The van der Waals surface area contributed by atoms with E-state index in [1.54, 1.807) is 0 Å². The SMILES string of the molecule is CC(C)CC(CO)NCc1nnc(-c2ccccc2Br)o1.